The maximum absolute atomic E-state index is 12.1. The molecule has 0 aliphatic heterocycles. The predicted molar refractivity (Wildman–Crippen MR) is 124 cm³/mol. The van der Waals surface area contributed by atoms with Crippen LogP contribution < -0.4 is 21.3 Å². The van der Waals surface area contributed by atoms with Crippen LogP contribution in [0.25, 0.3) is 0 Å². The third kappa shape index (κ3) is 8.01. The number of carbonyl (C=O) groups excluding carboxylic acids is 3. The second-order valence-corrected chi connectivity index (χ2v) is 7.39. The second-order valence-electron chi connectivity index (χ2n) is 6.24. The number of benzene rings is 2. The standard InChI is InChI=1S/C21H25N5O6S/c1-30-12-11-26(18(22)27)17-10-9-15(33-14-7-5-4-6-8-14)13-16(17)23-19(24-20(28)31-2)25-21(29)32-3/h4-10,13H,11-12H2,1-3H3,(H2,22,27)(H2,23,24,25,28,29). The van der Waals surface area contributed by atoms with Crippen LogP contribution in [0.1, 0.15) is 0 Å². The molecule has 0 aliphatic rings. The average Bonchev–Trinajstić information content (AvgIpc) is 2.80. The van der Waals surface area contributed by atoms with Gasteiger partial charge in [-0.25, -0.2) is 19.4 Å². The number of methoxy groups -OCH3 is 3. The van der Waals surface area contributed by atoms with Gasteiger partial charge >= 0.3 is 18.2 Å². The lowest BCUT2D eigenvalue weighted by atomic mass is 10.2. The van der Waals surface area contributed by atoms with E-state index >= 15 is 0 Å². The van der Waals surface area contributed by atoms with Gasteiger partial charge in [-0.3, -0.25) is 15.5 Å². The first-order valence-electron chi connectivity index (χ1n) is 9.59. The highest BCUT2D eigenvalue weighted by Gasteiger charge is 2.19. The fraction of sp³-hybridized carbons (Fsp3) is 0.238. The Morgan fingerprint density at radius 1 is 0.970 bits per heavy atom. The maximum Gasteiger partial charge on any atom is 0.413 e. The Balaban J connectivity index is 2.56. The number of guanidine groups is 1. The summed E-state index contributed by atoms with van der Waals surface area (Å²) in [6.45, 7) is 0.379. The number of carbonyl (C=O) groups is 3. The van der Waals surface area contributed by atoms with E-state index in [0.29, 0.717) is 5.69 Å². The van der Waals surface area contributed by atoms with Gasteiger partial charge < -0.3 is 19.9 Å². The Hall–Kier alpha value is -3.77. The number of primary amides is 1. The highest BCUT2D eigenvalue weighted by atomic mass is 32.2. The Kier molecular flexibility index (Phi) is 9.99. The Bertz CT molecular complexity index is 982. The molecule has 176 valence electrons. The summed E-state index contributed by atoms with van der Waals surface area (Å²) in [4.78, 5) is 43.0. The van der Waals surface area contributed by atoms with E-state index in [1.165, 1.54) is 23.8 Å². The van der Waals surface area contributed by atoms with Gasteiger partial charge in [-0.1, -0.05) is 30.0 Å². The van der Waals surface area contributed by atoms with Crippen LogP contribution in [0.3, 0.4) is 0 Å². The fourth-order valence-electron chi connectivity index (χ4n) is 2.54. The number of rotatable bonds is 7. The molecule has 0 radical (unpaired) electrons. The van der Waals surface area contributed by atoms with E-state index in [4.69, 9.17) is 10.5 Å². The highest BCUT2D eigenvalue weighted by Crippen LogP contribution is 2.36. The van der Waals surface area contributed by atoms with Gasteiger partial charge in [0.2, 0.25) is 5.96 Å². The van der Waals surface area contributed by atoms with Crippen LogP contribution in [0.15, 0.2) is 63.3 Å². The summed E-state index contributed by atoms with van der Waals surface area (Å²) < 4.78 is 14.2. The Labute approximate surface area is 195 Å². The van der Waals surface area contributed by atoms with Gasteiger partial charge in [-0.15, -0.1) is 0 Å². The van der Waals surface area contributed by atoms with Crippen molar-refractivity contribution in [1.29, 1.82) is 0 Å². The van der Waals surface area contributed by atoms with Gasteiger partial charge in [0.05, 0.1) is 38.7 Å². The van der Waals surface area contributed by atoms with Gasteiger partial charge in [-0.2, -0.15) is 0 Å². The van der Waals surface area contributed by atoms with Crippen LogP contribution in [0.5, 0.6) is 0 Å². The zero-order valence-corrected chi connectivity index (χ0v) is 19.2. The van der Waals surface area contributed by atoms with Crippen LogP contribution in [0.2, 0.25) is 0 Å². The lowest BCUT2D eigenvalue weighted by Gasteiger charge is -2.22. The fourth-order valence-corrected chi connectivity index (χ4v) is 3.42. The molecule has 0 saturated heterocycles. The summed E-state index contributed by atoms with van der Waals surface area (Å²) in [6, 6.07) is 14.0. The van der Waals surface area contributed by atoms with Crippen LogP contribution >= 0.6 is 11.8 Å². The van der Waals surface area contributed by atoms with Crippen LogP contribution in [0.4, 0.5) is 25.8 Å². The molecule has 11 nitrogen and oxygen atoms in total. The first kappa shape index (κ1) is 25.5. The van der Waals surface area contributed by atoms with E-state index in [-0.39, 0.29) is 24.8 Å². The predicted octanol–water partition coefficient (Wildman–Crippen LogP) is 3.07. The minimum atomic E-state index is -0.868. The molecule has 2 aromatic carbocycles. The number of hydrogen-bond acceptors (Lipinski definition) is 8. The molecule has 0 bridgehead atoms. The van der Waals surface area contributed by atoms with Crippen molar-refractivity contribution in [2.24, 2.45) is 10.7 Å². The van der Waals surface area contributed by atoms with E-state index in [9.17, 15) is 14.4 Å². The lowest BCUT2D eigenvalue weighted by Crippen LogP contribution is -2.43. The molecular formula is C21H25N5O6S. The molecule has 2 aromatic rings. The summed E-state index contributed by atoms with van der Waals surface area (Å²) in [5.74, 6) is -0.270. The summed E-state index contributed by atoms with van der Waals surface area (Å²) in [6.07, 6.45) is -1.74. The number of aliphatic imine (C=N–C) groups is 1. The minimum Gasteiger partial charge on any atom is -0.453 e. The molecule has 4 amide bonds. The van der Waals surface area contributed by atoms with Crippen molar-refractivity contribution >= 4 is 47.3 Å². The molecular weight excluding hydrogens is 450 g/mol. The third-order valence-electron chi connectivity index (χ3n) is 4.05. The van der Waals surface area contributed by atoms with Crippen molar-refractivity contribution < 1.29 is 28.6 Å². The molecule has 0 aromatic heterocycles. The first-order valence-corrected chi connectivity index (χ1v) is 10.4. The van der Waals surface area contributed by atoms with Crippen LogP contribution in [0, 0.1) is 0 Å². The van der Waals surface area contributed by atoms with Gasteiger partial charge in [0.25, 0.3) is 0 Å². The molecule has 0 atom stereocenters. The number of hydrogen-bond donors (Lipinski definition) is 3. The highest BCUT2D eigenvalue weighted by molar-refractivity contribution is 7.99. The summed E-state index contributed by atoms with van der Waals surface area (Å²) in [7, 11) is 3.82. The van der Waals surface area contributed by atoms with Crippen molar-refractivity contribution in [3.8, 4) is 0 Å². The number of nitrogens with two attached hydrogens (primary N) is 1. The van der Waals surface area contributed by atoms with Crippen molar-refractivity contribution in [1.82, 2.24) is 10.6 Å². The Morgan fingerprint density at radius 3 is 2.15 bits per heavy atom. The van der Waals surface area contributed by atoms with E-state index in [2.05, 4.69) is 25.1 Å². The number of nitrogens with one attached hydrogen (secondary N) is 2. The third-order valence-corrected chi connectivity index (χ3v) is 5.04. The van der Waals surface area contributed by atoms with E-state index in [1.54, 1.807) is 18.2 Å². The summed E-state index contributed by atoms with van der Waals surface area (Å²) in [5, 5.41) is 4.60. The van der Waals surface area contributed by atoms with E-state index < -0.39 is 18.2 Å². The molecule has 0 fully saturated rings. The molecule has 4 N–H and O–H groups in total. The first-order chi connectivity index (χ1) is 15.9. The normalized spacial score (nSPS) is 10.0. The largest absolute Gasteiger partial charge is 0.453 e. The van der Waals surface area contributed by atoms with Crippen molar-refractivity contribution in [2.45, 2.75) is 9.79 Å². The molecule has 2 rings (SSSR count). The topological polar surface area (TPSA) is 145 Å². The maximum atomic E-state index is 12.1. The van der Waals surface area contributed by atoms with Crippen molar-refractivity contribution in [3.63, 3.8) is 0 Å². The van der Waals surface area contributed by atoms with E-state index in [1.807, 2.05) is 30.3 Å². The number of amides is 4. The molecule has 0 spiro atoms. The molecule has 0 aliphatic carbocycles. The second kappa shape index (κ2) is 12.9. The van der Waals surface area contributed by atoms with Crippen molar-refractivity contribution in [3.05, 3.63) is 48.5 Å². The van der Waals surface area contributed by atoms with E-state index in [0.717, 1.165) is 24.0 Å². The minimum absolute atomic E-state index is 0.156. The number of alkyl carbamates (subject to hydrolysis) is 2. The zero-order valence-electron chi connectivity index (χ0n) is 18.4. The molecule has 0 saturated carbocycles. The molecule has 12 heteroatoms. The monoisotopic (exact) mass is 475 g/mol. The van der Waals surface area contributed by atoms with Gasteiger partial charge in [0, 0.05) is 16.9 Å². The van der Waals surface area contributed by atoms with Crippen LogP contribution in [-0.2, 0) is 14.2 Å². The zero-order chi connectivity index (χ0) is 24.2. The Morgan fingerprint density at radius 2 is 1.61 bits per heavy atom. The SMILES string of the molecule is COCCN(C(N)=O)c1ccc(Sc2ccccc2)cc1N=C(NC(=O)OC)NC(=O)OC. The average molecular weight is 476 g/mol. The van der Waals surface area contributed by atoms with Crippen molar-refractivity contribution in [2.75, 3.05) is 39.4 Å². The summed E-state index contributed by atoms with van der Waals surface area (Å²) in [5.41, 5.74) is 6.16. The van der Waals surface area contributed by atoms with Gasteiger partial charge in [0.15, 0.2) is 0 Å². The van der Waals surface area contributed by atoms with Gasteiger partial charge in [0.1, 0.15) is 0 Å². The van der Waals surface area contributed by atoms with Crippen LogP contribution in [-0.4, -0.2) is 58.7 Å². The smallest absolute Gasteiger partial charge is 0.413 e. The molecule has 0 unspecified atom stereocenters. The lowest BCUT2D eigenvalue weighted by molar-refractivity contribution is 0.173. The quantitative estimate of drug-likeness (QED) is 0.412. The number of anilines is 1. The number of urea groups is 1. The molecule has 33 heavy (non-hydrogen) atoms. The van der Waals surface area contributed by atoms with Gasteiger partial charge in [-0.05, 0) is 30.3 Å². The molecule has 0 heterocycles. The number of nitrogens with zero attached hydrogens (tertiary/aromatic N) is 2. The number of ether oxygens (including phenoxy) is 3. The summed E-state index contributed by atoms with van der Waals surface area (Å²) >= 11 is 1.46.